The minimum absolute atomic E-state index is 1.25. The molecule has 3 nitrogen and oxygen atoms in total. The second-order valence-corrected chi connectivity index (χ2v) is 2.68. The molecule has 9 heavy (non-hydrogen) atoms. The van der Waals surface area contributed by atoms with E-state index in [0.717, 1.165) is 0 Å². The van der Waals surface area contributed by atoms with Gasteiger partial charge in [-0.15, -0.1) is 0 Å². The lowest BCUT2D eigenvalue weighted by Gasteiger charge is -1.89. The zero-order valence-electron chi connectivity index (χ0n) is 6.43. The summed E-state index contributed by atoms with van der Waals surface area (Å²) >= 11 is 0. The standard InChI is InChI=1S/C3H8.C2H7O3P/c1-3-2;1-4-6(3)5-2/h3H2,1-2H3;6H,1-2H3. The van der Waals surface area contributed by atoms with Crippen LogP contribution in [0.25, 0.3) is 0 Å². The molecular formula is C5H15O3P. The summed E-state index contributed by atoms with van der Waals surface area (Å²) in [6.07, 6.45) is 1.25. The SMILES string of the molecule is CCC.CO[PH](=O)OC. The van der Waals surface area contributed by atoms with E-state index >= 15 is 0 Å². The van der Waals surface area contributed by atoms with Crippen LogP contribution in [0.4, 0.5) is 0 Å². The van der Waals surface area contributed by atoms with Crippen LogP contribution in [0, 0.1) is 0 Å². The van der Waals surface area contributed by atoms with Gasteiger partial charge in [-0.25, -0.2) is 0 Å². The number of hydrogen-bond acceptors (Lipinski definition) is 3. The van der Waals surface area contributed by atoms with Crippen molar-refractivity contribution in [1.82, 2.24) is 0 Å². The summed E-state index contributed by atoms with van der Waals surface area (Å²) in [5.41, 5.74) is 0. The largest absolute Gasteiger partial charge is 0.318 e. The Bertz CT molecular complexity index is 59.2. The highest BCUT2D eigenvalue weighted by Crippen LogP contribution is 2.18. The highest BCUT2D eigenvalue weighted by molar-refractivity contribution is 7.33. The molecule has 0 bridgehead atoms. The van der Waals surface area contributed by atoms with Crippen LogP contribution >= 0.6 is 8.25 Å². The van der Waals surface area contributed by atoms with Gasteiger partial charge >= 0.3 is 8.25 Å². The quantitative estimate of drug-likeness (QED) is 0.571. The Labute approximate surface area is 57.3 Å². The Balaban J connectivity index is 0. The Morgan fingerprint density at radius 2 is 1.44 bits per heavy atom. The molecule has 0 heterocycles. The maximum absolute atomic E-state index is 9.92. The molecule has 0 fully saturated rings. The van der Waals surface area contributed by atoms with Crippen LogP contribution in [0.2, 0.25) is 0 Å². The van der Waals surface area contributed by atoms with Crippen LogP contribution in [0.15, 0.2) is 0 Å². The minimum Gasteiger partial charge on any atom is -0.314 e. The van der Waals surface area contributed by atoms with Gasteiger partial charge in [-0.05, 0) is 0 Å². The molecule has 0 amide bonds. The van der Waals surface area contributed by atoms with Gasteiger partial charge in [-0.3, -0.25) is 4.57 Å². The fourth-order valence-electron chi connectivity index (χ4n) is 0.0833. The molecule has 0 aliphatic rings. The predicted octanol–water partition coefficient (Wildman–Crippen LogP) is 2.09. The molecule has 0 radical (unpaired) electrons. The van der Waals surface area contributed by atoms with Gasteiger partial charge in [0.25, 0.3) is 0 Å². The third kappa shape index (κ3) is 17.9. The first-order valence-electron chi connectivity index (χ1n) is 2.84. The summed E-state index contributed by atoms with van der Waals surface area (Å²) in [5.74, 6) is 0. The van der Waals surface area contributed by atoms with Gasteiger partial charge in [0.2, 0.25) is 0 Å². The van der Waals surface area contributed by atoms with Crippen molar-refractivity contribution in [3.8, 4) is 0 Å². The fraction of sp³-hybridized carbons (Fsp3) is 1.00. The summed E-state index contributed by atoms with van der Waals surface area (Å²) in [7, 11) is 0.558. The van der Waals surface area contributed by atoms with Gasteiger partial charge in [0, 0.05) is 14.2 Å². The molecule has 0 aliphatic heterocycles. The van der Waals surface area contributed by atoms with Crippen molar-refractivity contribution in [2.24, 2.45) is 0 Å². The molecule has 4 heteroatoms. The zero-order valence-corrected chi connectivity index (χ0v) is 7.43. The van der Waals surface area contributed by atoms with Gasteiger partial charge in [0.05, 0.1) is 0 Å². The maximum atomic E-state index is 9.92. The normalized spacial score (nSPS) is 8.56. The lowest BCUT2D eigenvalue weighted by molar-refractivity contribution is 0.302. The topological polar surface area (TPSA) is 35.5 Å². The van der Waals surface area contributed by atoms with E-state index in [1.54, 1.807) is 0 Å². The molecule has 0 N–H and O–H groups in total. The predicted molar refractivity (Wildman–Crippen MR) is 39.0 cm³/mol. The third-order valence-electron chi connectivity index (χ3n) is 0.333. The van der Waals surface area contributed by atoms with Gasteiger partial charge in [0.15, 0.2) is 0 Å². The van der Waals surface area contributed by atoms with Gasteiger partial charge in [-0.2, -0.15) is 0 Å². The van der Waals surface area contributed by atoms with E-state index in [9.17, 15) is 4.57 Å². The highest BCUT2D eigenvalue weighted by atomic mass is 31.1. The van der Waals surface area contributed by atoms with E-state index in [1.165, 1.54) is 20.6 Å². The first-order valence-corrected chi connectivity index (χ1v) is 4.07. The van der Waals surface area contributed by atoms with Crippen LogP contribution in [-0.4, -0.2) is 14.2 Å². The van der Waals surface area contributed by atoms with Crippen molar-refractivity contribution in [2.75, 3.05) is 14.2 Å². The monoisotopic (exact) mass is 154 g/mol. The van der Waals surface area contributed by atoms with E-state index in [1.807, 2.05) is 0 Å². The molecule has 58 valence electrons. The summed E-state index contributed by atoms with van der Waals surface area (Å²) in [5, 5.41) is 0. The van der Waals surface area contributed by atoms with Crippen LogP contribution in [-0.2, 0) is 13.6 Å². The van der Waals surface area contributed by atoms with Gasteiger partial charge in [-0.1, -0.05) is 20.3 Å². The minimum atomic E-state index is -2.12. The van der Waals surface area contributed by atoms with E-state index in [0.29, 0.717) is 0 Å². The average molecular weight is 154 g/mol. The third-order valence-corrected chi connectivity index (χ3v) is 1.00. The van der Waals surface area contributed by atoms with Crippen molar-refractivity contribution in [3.05, 3.63) is 0 Å². The smallest absolute Gasteiger partial charge is 0.314 e. The summed E-state index contributed by atoms with van der Waals surface area (Å²) in [6, 6.07) is 0. The molecule has 0 aromatic rings. The van der Waals surface area contributed by atoms with Crippen LogP contribution in [0.3, 0.4) is 0 Å². The van der Waals surface area contributed by atoms with E-state index < -0.39 is 8.25 Å². The van der Waals surface area contributed by atoms with E-state index in [2.05, 4.69) is 22.9 Å². The molecule has 0 atom stereocenters. The summed E-state index contributed by atoms with van der Waals surface area (Å²) < 4.78 is 18.4. The summed E-state index contributed by atoms with van der Waals surface area (Å²) in [4.78, 5) is 0. The second-order valence-electron chi connectivity index (χ2n) is 1.37. The van der Waals surface area contributed by atoms with Gasteiger partial charge in [0.1, 0.15) is 0 Å². The Kier molecular flexibility index (Phi) is 14.6. The Morgan fingerprint density at radius 3 is 1.44 bits per heavy atom. The summed E-state index contributed by atoms with van der Waals surface area (Å²) in [6.45, 7) is 4.25. The van der Waals surface area contributed by atoms with Crippen molar-refractivity contribution >= 4 is 8.25 Å². The molecular weight excluding hydrogens is 139 g/mol. The fourth-order valence-corrected chi connectivity index (χ4v) is 0.250. The van der Waals surface area contributed by atoms with Crippen LogP contribution < -0.4 is 0 Å². The zero-order chi connectivity index (χ0) is 7.70. The lowest BCUT2D eigenvalue weighted by Crippen LogP contribution is -1.66. The van der Waals surface area contributed by atoms with Crippen molar-refractivity contribution in [1.29, 1.82) is 0 Å². The van der Waals surface area contributed by atoms with Crippen molar-refractivity contribution in [2.45, 2.75) is 20.3 Å². The number of hydrogen-bond donors (Lipinski definition) is 0. The molecule has 0 spiro atoms. The van der Waals surface area contributed by atoms with Crippen LogP contribution in [0.5, 0.6) is 0 Å². The number of rotatable bonds is 2. The molecule has 0 unspecified atom stereocenters. The van der Waals surface area contributed by atoms with Crippen molar-refractivity contribution < 1.29 is 13.6 Å². The Hall–Kier alpha value is 0.150. The first-order chi connectivity index (χ1) is 4.22. The average Bonchev–Trinajstić information content (AvgIpc) is 1.88. The maximum Gasteiger partial charge on any atom is 0.318 e. The molecule has 0 aromatic carbocycles. The molecule has 0 saturated heterocycles. The Morgan fingerprint density at radius 1 is 1.22 bits per heavy atom. The molecule has 0 aromatic heterocycles. The second kappa shape index (κ2) is 11.0. The molecule has 0 saturated carbocycles. The molecule has 0 aliphatic carbocycles. The van der Waals surface area contributed by atoms with Gasteiger partial charge < -0.3 is 9.05 Å². The van der Waals surface area contributed by atoms with Crippen LogP contribution in [0.1, 0.15) is 20.3 Å². The van der Waals surface area contributed by atoms with Crippen molar-refractivity contribution in [3.63, 3.8) is 0 Å². The highest BCUT2D eigenvalue weighted by Gasteiger charge is 1.83. The van der Waals surface area contributed by atoms with E-state index in [-0.39, 0.29) is 0 Å². The first kappa shape index (κ1) is 11.9. The molecule has 0 rings (SSSR count). The lowest BCUT2D eigenvalue weighted by atomic mass is 10.6. The van der Waals surface area contributed by atoms with E-state index in [4.69, 9.17) is 0 Å².